The Bertz CT molecular complexity index is 833. The molecule has 2 aliphatic rings. The van der Waals surface area contributed by atoms with Crippen LogP contribution in [0, 0.1) is 5.92 Å². The van der Waals surface area contributed by atoms with Crippen molar-refractivity contribution in [1.29, 1.82) is 0 Å². The Hall–Kier alpha value is -2.82. The van der Waals surface area contributed by atoms with Gasteiger partial charge in [0.1, 0.15) is 6.61 Å². The van der Waals surface area contributed by atoms with E-state index in [0.717, 1.165) is 0 Å². The molecule has 5 heteroatoms. The fraction of sp³-hybridized carbons (Fsp3) is 0.364. The Kier molecular flexibility index (Phi) is 4.60. The second kappa shape index (κ2) is 7.06. The van der Waals surface area contributed by atoms with Crippen LogP contribution in [0.3, 0.4) is 0 Å². The normalized spacial score (nSPS) is 21.0. The van der Waals surface area contributed by atoms with Crippen LogP contribution in [0.15, 0.2) is 48.5 Å². The molecule has 0 spiro atoms. The van der Waals surface area contributed by atoms with Crippen LogP contribution < -0.4 is 0 Å². The molecule has 1 aliphatic heterocycles. The summed E-state index contributed by atoms with van der Waals surface area (Å²) >= 11 is 0. The van der Waals surface area contributed by atoms with Gasteiger partial charge in [0.15, 0.2) is 0 Å². The molecule has 5 nitrogen and oxygen atoms in total. The van der Waals surface area contributed by atoms with Gasteiger partial charge in [0.25, 0.3) is 0 Å². The topological polar surface area (TPSA) is 66.8 Å². The monoisotopic (exact) mass is 365 g/mol. The van der Waals surface area contributed by atoms with Gasteiger partial charge in [-0.2, -0.15) is 0 Å². The molecule has 1 N–H and O–H groups in total. The largest absolute Gasteiger partial charge is 0.481 e. The third kappa shape index (κ3) is 2.97. The quantitative estimate of drug-likeness (QED) is 0.885. The number of carboxylic acid groups (broad SMARTS) is 1. The number of benzene rings is 2. The van der Waals surface area contributed by atoms with E-state index in [1.54, 1.807) is 4.90 Å². The van der Waals surface area contributed by atoms with Gasteiger partial charge in [-0.3, -0.25) is 4.79 Å². The van der Waals surface area contributed by atoms with Crippen LogP contribution in [-0.2, 0) is 9.53 Å². The van der Waals surface area contributed by atoms with E-state index in [1.807, 2.05) is 31.2 Å². The lowest BCUT2D eigenvalue weighted by atomic mass is 9.98. The van der Waals surface area contributed by atoms with E-state index in [9.17, 15) is 14.7 Å². The van der Waals surface area contributed by atoms with Crippen molar-refractivity contribution in [2.24, 2.45) is 5.92 Å². The Morgan fingerprint density at radius 2 is 1.67 bits per heavy atom. The summed E-state index contributed by atoms with van der Waals surface area (Å²) in [4.78, 5) is 25.7. The first kappa shape index (κ1) is 17.6. The minimum Gasteiger partial charge on any atom is -0.481 e. The van der Waals surface area contributed by atoms with Crippen LogP contribution in [0.4, 0.5) is 4.79 Å². The maximum Gasteiger partial charge on any atom is 0.410 e. The first-order valence-electron chi connectivity index (χ1n) is 9.46. The highest BCUT2D eigenvalue weighted by molar-refractivity contribution is 5.79. The van der Waals surface area contributed by atoms with E-state index in [2.05, 4.69) is 24.3 Å². The number of hydrogen-bond acceptors (Lipinski definition) is 3. The number of hydrogen-bond donors (Lipinski definition) is 1. The average Bonchev–Trinajstić information content (AvgIpc) is 3.26. The van der Waals surface area contributed by atoms with Gasteiger partial charge < -0.3 is 14.7 Å². The van der Waals surface area contributed by atoms with Crippen molar-refractivity contribution in [2.75, 3.05) is 13.2 Å². The lowest BCUT2D eigenvalue weighted by Crippen LogP contribution is -2.40. The number of nitrogens with zero attached hydrogens (tertiary/aromatic N) is 1. The number of carboxylic acids is 1. The fourth-order valence-corrected chi connectivity index (χ4v) is 4.55. The van der Waals surface area contributed by atoms with Crippen molar-refractivity contribution in [3.8, 4) is 11.1 Å². The van der Waals surface area contributed by atoms with Crippen molar-refractivity contribution in [3.63, 3.8) is 0 Å². The Balaban J connectivity index is 1.51. The average molecular weight is 365 g/mol. The molecule has 4 rings (SSSR count). The van der Waals surface area contributed by atoms with Crippen molar-refractivity contribution in [3.05, 3.63) is 59.7 Å². The highest BCUT2D eigenvalue weighted by atomic mass is 16.6. The van der Waals surface area contributed by atoms with Crippen LogP contribution in [0.5, 0.6) is 0 Å². The smallest absolute Gasteiger partial charge is 0.410 e. The van der Waals surface area contributed by atoms with Crippen molar-refractivity contribution in [1.82, 2.24) is 4.90 Å². The highest BCUT2D eigenvalue weighted by Gasteiger charge is 2.41. The summed E-state index contributed by atoms with van der Waals surface area (Å²) in [5.41, 5.74) is 4.71. The van der Waals surface area contributed by atoms with Gasteiger partial charge in [0.05, 0.1) is 5.92 Å². The standard InChI is InChI=1S/C22H23NO4/c1-2-20-18(21(24)25)11-12-23(20)22(26)27-13-19-16-9-5-3-7-14(16)15-8-4-6-10-17(15)19/h3-10,18-20H,2,11-13H2,1H3,(H,24,25). The maximum absolute atomic E-state index is 12.7. The highest BCUT2D eigenvalue weighted by Crippen LogP contribution is 2.44. The summed E-state index contributed by atoms with van der Waals surface area (Å²) < 4.78 is 5.68. The number of carbonyl (C=O) groups is 2. The van der Waals surface area contributed by atoms with E-state index >= 15 is 0 Å². The molecule has 1 amide bonds. The zero-order chi connectivity index (χ0) is 19.0. The number of amides is 1. The van der Waals surface area contributed by atoms with Gasteiger partial charge in [-0.05, 0) is 35.1 Å². The van der Waals surface area contributed by atoms with Gasteiger partial charge in [0, 0.05) is 18.5 Å². The van der Waals surface area contributed by atoms with Crippen LogP contribution in [0.2, 0.25) is 0 Å². The van der Waals surface area contributed by atoms with E-state index < -0.39 is 18.0 Å². The Labute approximate surface area is 158 Å². The van der Waals surface area contributed by atoms with Gasteiger partial charge >= 0.3 is 12.1 Å². The summed E-state index contributed by atoms with van der Waals surface area (Å²) in [6, 6.07) is 16.1. The van der Waals surface area contributed by atoms with Gasteiger partial charge in [-0.15, -0.1) is 0 Å². The molecule has 1 fully saturated rings. The lowest BCUT2D eigenvalue weighted by Gasteiger charge is -2.26. The summed E-state index contributed by atoms with van der Waals surface area (Å²) in [5.74, 6) is -1.33. The first-order valence-corrected chi connectivity index (χ1v) is 9.46. The van der Waals surface area contributed by atoms with Gasteiger partial charge in [-0.25, -0.2) is 4.79 Å². The number of carbonyl (C=O) groups excluding carboxylic acids is 1. The van der Waals surface area contributed by atoms with E-state index in [-0.39, 0.29) is 18.6 Å². The molecule has 2 atom stereocenters. The SMILES string of the molecule is CCC1C(C(=O)O)CCN1C(=O)OCC1c2ccccc2-c2ccccc21. The minimum absolute atomic E-state index is 0.0132. The molecular formula is C22H23NO4. The molecule has 2 aromatic carbocycles. The molecule has 0 saturated carbocycles. The molecule has 27 heavy (non-hydrogen) atoms. The number of fused-ring (bicyclic) bond motifs is 3. The van der Waals surface area contributed by atoms with Crippen LogP contribution in [0.25, 0.3) is 11.1 Å². The maximum atomic E-state index is 12.7. The van der Waals surface area contributed by atoms with Crippen LogP contribution in [0.1, 0.15) is 36.8 Å². The van der Waals surface area contributed by atoms with Crippen molar-refractivity contribution >= 4 is 12.1 Å². The molecule has 140 valence electrons. The number of rotatable bonds is 4. The van der Waals surface area contributed by atoms with E-state index in [1.165, 1.54) is 22.3 Å². The molecule has 2 aromatic rings. The van der Waals surface area contributed by atoms with Crippen molar-refractivity contribution in [2.45, 2.75) is 31.7 Å². The predicted octanol–water partition coefficient (Wildman–Crippen LogP) is 4.12. The zero-order valence-corrected chi connectivity index (χ0v) is 15.3. The molecule has 1 aliphatic carbocycles. The number of aliphatic carboxylic acids is 1. The molecule has 0 aromatic heterocycles. The molecule has 0 radical (unpaired) electrons. The van der Waals surface area contributed by atoms with E-state index in [0.29, 0.717) is 19.4 Å². The lowest BCUT2D eigenvalue weighted by molar-refractivity contribution is -0.142. The van der Waals surface area contributed by atoms with Crippen molar-refractivity contribution < 1.29 is 19.4 Å². The molecule has 1 heterocycles. The summed E-state index contributed by atoms with van der Waals surface area (Å²) in [6.45, 7) is 2.61. The molecular weight excluding hydrogens is 342 g/mol. The minimum atomic E-state index is -0.837. The number of likely N-dealkylation sites (tertiary alicyclic amines) is 1. The second-order valence-corrected chi connectivity index (χ2v) is 7.21. The predicted molar refractivity (Wildman–Crippen MR) is 102 cm³/mol. The second-order valence-electron chi connectivity index (χ2n) is 7.21. The Morgan fingerprint density at radius 1 is 1.07 bits per heavy atom. The van der Waals surface area contributed by atoms with Gasteiger partial charge in [0.2, 0.25) is 0 Å². The van der Waals surface area contributed by atoms with Gasteiger partial charge in [-0.1, -0.05) is 55.5 Å². The fourth-order valence-electron chi connectivity index (χ4n) is 4.55. The third-order valence-electron chi connectivity index (χ3n) is 5.85. The number of ether oxygens (including phenoxy) is 1. The third-order valence-corrected chi connectivity index (χ3v) is 5.85. The summed E-state index contributed by atoms with van der Waals surface area (Å²) in [6.07, 6.45) is 0.687. The summed E-state index contributed by atoms with van der Waals surface area (Å²) in [7, 11) is 0. The summed E-state index contributed by atoms with van der Waals surface area (Å²) in [5, 5.41) is 9.36. The molecule has 0 bridgehead atoms. The zero-order valence-electron chi connectivity index (χ0n) is 15.3. The Morgan fingerprint density at radius 3 is 2.22 bits per heavy atom. The first-order chi connectivity index (χ1) is 13.1. The van der Waals surface area contributed by atoms with E-state index in [4.69, 9.17) is 4.74 Å². The molecule has 2 unspecified atom stereocenters. The molecule has 1 saturated heterocycles. The van der Waals surface area contributed by atoms with Crippen LogP contribution >= 0.6 is 0 Å². The van der Waals surface area contributed by atoms with Crippen LogP contribution in [-0.4, -0.2) is 41.3 Å².